The van der Waals surface area contributed by atoms with Crippen LogP contribution in [0.2, 0.25) is 5.02 Å². The summed E-state index contributed by atoms with van der Waals surface area (Å²) in [5, 5.41) is 4.22. The average molecular weight is 373 g/mol. The van der Waals surface area contributed by atoms with E-state index in [1.807, 2.05) is 36.4 Å². The van der Waals surface area contributed by atoms with Gasteiger partial charge in [-0.2, -0.15) is 0 Å². The van der Waals surface area contributed by atoms with Gasteiger partial charge in [0.25, 0.3) is 5.91 Å². The first-order chi connectivity index (χ1) is 12.5. The fourth-order valence-corrected chi connectivity index (χ4v) is 3.66. The maximum Gasteiger partial charge on any atom is 0.250 e. The second-order valence-corrected chi connectivity index (χ2v) is 7.10. The van der Waals surface area contributed by atoms with Crippen LogP contribution < -0.4 is 16.0 Å². The Morgan fingerprint density at radius 2 is 1.77 bits per heavy atom. The topological polar surface area (TPSA) is 61.6 Å². The van der Waals surface area contributed by atoms with Crippen LogP contribution in [0.4, 0.5) is 11.4 Å². The van der Waals surface area contributed by atoms with Gasteiger partial charge in [0.05, 0.1) is 16.3 Å². The first kappa shape index (κ1) is 18.5. The number of piperazine rings is 1. The highest BCUT2D eigenvalue weighted by molar-refractivity contribution is 6.33. The van der Waals surface area contributed by atoms with E-state index in [-0.39, 0.29) is 6.04 Å². The highest BCUT2D eigenvalue weighted by atomic mass is 35.5. The first-order valence-corrected chi connectivity index (χ1v) is 9.29. The maximum absolute atomic E-state index is 11.5. The van der Waals surface area contributed by atoms with Crippen LogP contribution in [0, 0.1) is 0 Å². The summed E-state index contributed by atoms with van der Waals surface area (Å²) >= 11 is 6.31. The van der Waals surface area contributed by atoms with Crippen LogP contribution in [0.3, 0.4) is 0 Å². The molecular weight excluding hydrogens is 348 g/mol. The van der Waals surface area contributed by atoms with Crippen molar-refractivity contribution in [3.63, 3.8) is 0 Å². The molecule has 0 radical (unpaired) electrons. The molecule has 1 amide bonds. The van der Waals surface area contributed by atoms with Gasteiger partial charge in [-0.1, -0.05) is 35.9 Å². The molecule has 1 aliphatic heterocycles. The van der Waals surface area contributed by atoms with Crippen molar-refractivity contribution >= 4 is 28.9 Å². The van der Waals surface area contributed by atoms with Crippen LogP contribution in [0.15, 0.2) is 48.5 Å². The summed E-state index contributed by atoms with van der Waals surface area (Å²) in [6.45, 7) is 6.90. The predicted octanol–water partition coefficient (Wildman–Crippen LogP) is 3.06. The molecule has 3 rings (SSSR count). The third kappa shape index (κ3) is 4.48. The third-order valence-electron chi connectivity index (χ3n) is 4.69. The Morgan fingerprint density at radius 1 is 1.12 bits per heavy atom. The zero-order valence-electron chi connectivity index (χ0n) is 15.0. The Balaban J connectivity index is 1.53. The normalized spacial score (nSPS) is 16.3. The number of halogens is 1. The van der Waals surface area contributed by atoms with Crippen LogP contribution in [0.25, 0.3) is 0 Å². The molecule has 5 nitrogen and oxygen atoms in total. The molecule has 0 bridgehead atoms. The Labute approximate surface area is 159 Å². The third-order valence-corrected chi connectivity index (χ3v) is 5.01. The van der Waals surface area contributed by atoms with Gasteiger partial charge in [0.1, 0.15) is 0 Å². The van der Waals surface area contributed by atoms with E-state index in [4.69, 9.17) is 17.3 Å². The summed E-state index contributed by atoms with van der Waals surface area (Å²) in [6, 6.07) is 15.6. The molecule has 1 heterocycles. The number of carbonyl (C=O) groups is 1. The minimum Gasteiger partial charge on any atom is -0.381 e. The monoisotopic (exact) mass is 372 g/mol. The van der Waals surface area contributed by atoms with Crippen molar-refractivity contribution in [2.75, 3.05) is 42.9 Å². The number of hydrogen-bond donors (Lipinski definition) is 2. The van der Waals surface area contributed by atoms with E-state index in [0.29, 0.717) is 5.56 Å². The van der Waals surface area contributed by atoms with E-state index < -0.39 is 5.91 Å². The smallest absolute Gasteiger partial charge is 0.250 e. The van der Waals surface area contributed by atoms with E-state index in [9.17, 15) is 4.79 Å². The molecule has 0 spiro atoms. The number of benzene rings is 2. The fraction of sp³-hybridized carbons (Fsp3) is 0.350. The van der Waals surface area contributed by atoms with E-state index >= 15 is 0 Å². The fourth-order valence-electron chi connectivity index (χ4n) is 3.40. The summed E-state index contributed by atoms with van der Waals surface area (Å²) in [7, 11) is 0. The SMILES string of the molecule is CC(CN1CCN(c2ccccc2Cl)CC1)Nc1ccccc1C(N)=O. The number of para-hydroxylation sites is 2. The molecule has 26 heavy (non-hydrogen) atoms. The van der Waals surface area contributed by atoms with Crippen molar-refractivity contribution in [3.05, 3.63) is 59.1 Å². The van der Waals surface area contributed by atoms with Gasteiger partial charge in [0, 0.05) is 44.5 Å². The zero-order chi connectivity index (χ0) is 18.5. The molecular formula is C20H25ClN4O. The highest BCUT2D eigenvalue weighted by Gasteiger charge is 2.20. The second-order valence-electron chi connectivity index (χ2n) is 6.69. The number of anilines is 2. The quantitative estimate of drug-likeness (QED) is 0.818. The minimum absolute atomic E-state index is 0.211. The standard InChI is InChI=1S/C20H25ClN4O/c1-15(23-18-8-4-2-6-16(18)20(22)26)14-24-10-12-25(13-11-24)19-9-5-3-7-17(19)21/h2-9,15,23H,10-14H2,1H3,(H2,22,26). The molecule has 1 unspecified atom stereocenters. The van der Waals surface area contributed by atoms with Crippen LogP contribution in [0.1, 0.15) is 17.3 Å². The average Bonchev–Trinajstić information content (AvgIpc) is 2.63. The number of nitrogens with zero attached hydrogens (tertiary/aromatic N) is 2. The van der Waals surface area contributed by atoms with Gasteiger partial charge >= 0.3 is 0 Å². The van der Waals surface area contributed by atoms with E-state index in [2.05, 4.69) is 28.1 Å². The summed E-state index contributed by atoms with van der Waals surface area (Å²) in [5.41, 5.74) is 7.88. The van der Waals surface area contributed by atoms with Crippen molar-refractivity contribution in [2.24, 2.45) is 5.73 Å². The molecule has 3 N–H and O–H groups in total. The summed E-state index contributed by atoms with van der Waals surface area (Å²) in [4.78, 5) is 16.3. The summed E-state index contributed by atoms with van der Waals surface area (Å²) < 4.78 is 0. The summed E-state index contributed by atoms with van der Waals surface area (Å²) in [6.07, 6.45) is 0. The number of carbonyl (C=O) groups excluding carboxylic acids is 1. The zero-order valence-corrected chi connectivity index (χ0v) is 15.7. The number of amides is 1. The lowest BCUT2D eigenvalue weighted by Crippen LogP contribution is -2.49. The number of primary amides is 1. The van der Waals surface area contributed by atoms with Crippen LogP contribution in [0.5, 0.6) is 0 Å². The Bertz CT molecular complexity index is 759. The van der Waals surface area contributed by atoms with E-state index in [0.717, 1.165) is 49.1 Å². The van der Waals surface area contributed by atoms with Gasteiger partial charge in [0.2, 0.25) is 0 Å². The van der Waals surface area contributed by atoms with Crippen LogP contribution >= 0.6 is 11.6 Å². The Hall–Kier alpha value is -2.24. The van der Waals surface area contributed by atoms with Crippen LogP contribution in [-0.2, 0) is 0 Å². The Morgan fingerprint density at radius 3 is 2.46 bits per heavy atom. The maximum atomic E-state index is 11.5. The number of hydrogen-bond acceptors (Lipinski definition) is 4. The molecule has 1 aliphatic rings. The highest BCUT2D eigenvalue weighted by Crippen LogP contribution is 2.26. The molecule has 2 aromatic rings. The Kier molecular flexibility index (Phi) is 6.01. The lowest BCUT2D eigenvalue weighted by molar-refractivity contribution is 0.100. The minimum atomic E-state index is -0.409. The predicted molar refractivity (Wildman–Crippen MR) is 108 cm³/mol. The lowest BCUT2D eigenvalue weighted by Gasteiger charge is -2.37. The van der Waals surface area contributed by atoms with Crippen molar-refractivity contribution < 1.29 is 4.79 Å². The van der Waals surface area contributed by atoms with Gasteiger partial charge in [-0.25, -0.2) is 0 Å². The number of nitrogens with one attached hydrogen (secondary N) is 1. The molecule has 0 aromatic heterocycles. The van der Waals surface area contributed by atoms with Crippen LogP contribution in [-0.4, -0.2) is 49.6 Å². The van der Waals surface area contributed by atoms with E-state index in [1.54, 1.807) is 6.07 Å². The first-order valence-electron chi connectivity index (χ1n) is 8.92. The molecule has 1 fully saturated rings. The largest absolute Gasteiger partial charge is 0.381 e. The molecule has 1 saturated heterocycles. The number of rotatable bonds is 6. The van der Waals surface area contributed by atoms with Gasteiger partial charge in [-0.05, 0) is 31.2 Å². The van der Waals surface area contributed by atoms with Crippen molar-refractivity contribution in [1.29, 1.82) is 0 Å². The lowest BCUT2D eigenvalue weighted by atomic mass is 10.1. The van der Waals surface area contributed by atoms with Gasteiger partial charge in [-0.15, -0.1) is 0 Å². The molecule has 1 atom stereocenters. The van der Waals surface area contributed by atoms with Crippen molar-refractivity contribution in [3.8, 4) is 0 Å². The van der Waals surface area contributed by atoms with Gasteiger partial charge in [-0.3, -0.25) is 9.69 Å². The summed E-state index contributed by atoms with van der Waals surface area (Å²) in [5.74, 6) is -0.409. The van der Waals surface area contributed by atoms with Gasteiger partial charge in [0.15, 0.2) is 0 Å². The molecule has 6 heteroatoms. The van der Waals surface area contributed by atoms with Gasteiger partial charge < -0.3 is 16.0 Å². The molecule has 138 valence electrons. The molecule has 2 aromatic carbocycles. The molecule has 0 saturated carbocycles. The molecule has 0 aliphatic carbocycles. The van der Waals surface area contributed by atoms with Crippen molar-refractivity contribution in [2.45, 2.75) is 13.0 Å². The van der Waals surface area contributed by atoms with E-state index in [1.165, 1.54) is 0 Å². The van der Waals surface area contributed by atoms with Crippen molar-refractivity contribution in [1.82, 2.24) is 4.90 Å². The second kappa shape index (κ2) is 8.43. The number of nitrogens with two attached hydrogens (primary N) is 1.